The molecule has 0 unspecified atom stereocenters. The Hall–Kier alpha value is -3.24. The Morgan fingerprint density at radius 3 is 2.43 bits per heavy atom. The average Bonchev–Trinajstić information content (AvgIpc) is 2.73. The van der Waals surface area contributed by atoms with Crippen molar-refractivity contribution in [2.45, 2.75) is 6.61 Å². The van der Waals surface area contributed by atoms with E-state index < -0.39 is 5.97 Å². The molecule has 0 fully saturated rings. The van der Waals surface area contributed by atoms with Crippen LogP contribution >= 0.6 is 11.6 Å². The van der Waals surface area contributed by atoms with Crippen LogP contribution in [0.2, 0.25) is 5.02 Å². The summed E-state index contributed by atoms with van der Waals surface area (Å²) >= 11 is 5.98. The molecule has 0 aliphatic carbocycles. The van der Waals surface area contributed by atoms with E-state index in [1.165, 1.54) is 6.08 Å². The summed E-state index contributed by atoms with van der Waals surface area (Å²) in [6, 6.07) is 22.1. The molecule has 142 valence electrons. The van der Waals surface area contributed by atoms with E-state index in [2.05, 4.69) is 0 Å². The number of hydrogen-bond acceptors (Lipinski definition) is 4. The largest absolute Gasteiger partial charge is 0.493 e. The molecule has 0 radical (unpaired) electrons. The number of carbonyl (C=O) groups is 1. The Balaban J connectivity index is 1.65. The third-order valence-electron chi connectivity index (χ3n) is 3.88. The topological polar surface area (TPSA) is 44.8 Å². The standard InChI is InChI=1S/C23H19ClO4/c1-26-22-15-17(11-13-21(22)27-16-18-7-3-2-4-8-18)12-14-23(25)28-20-10-6-5-9-19(20)24/h2-15H,16H2,1H3/b14-12+. The zero-order chi connectivity index (χ0) is 19.8. The molecule has 0 aliphatic heterocycles. The highest BCUT2D eigenvalue weighted by Crippen LogP contribution is 2.29. The van der Waals surface area contributed by atoms with Crippen molar-refractivity contribution in [2.24, 2.45) is 0 Å². The fourth-order valence-corrected chi connectivity index (χ4v) is 2.65. The van der Waals surface area contributed by atoms with Gasteiger partial charge in [0, 0.05) is 6.08 Å². The number of benzene rings is 3. The summed E-state index contributed by atoms with van der Waals surface area (Å²) < 4.78 is 16.5. The van der Waals surface area contributed by atoms with Gasteiger partial charge in [0.15, 0.2) is 11.5 Å². The molecular formula is C23H19ClO4. The molecule has 0 bridgehead atoms. The zero-order valence-corrected chi connectivity index (χ0v) is 16.1. The summed E-state index contributed by atoms with van der Waals surface area (Å²) in [5.74, 6) is 1.01. The van der Waals surface area contributed by atoms with Crippen LogP contribution in [0, 0.1) is 0 Å². The van der Waals surface area contributed by atoms with Crippen LogP contribution in [0.3, 0.4) is 0 Å². The first-order valence-electron chi connectivity index (χ1n) is 8.65. The SMILES string of the molecule is COc1cc(/C=C/C(=O)Oc2ccccc2Cl)ccc1OCc1ccccc1. The first kappa shape index (κ1) is 19.5. The van der Waals surface area contributed by atoms with Crippen LogP contribution in [0.5, 0.6) is 17.2 Å². The Morgan fingerprint density at radius 2 is 1.68 bits per heavy atom. The van der Waals surface area contributed by atoms with Gasteiger partial charge in [-0.2, -0.15) is 0 Å². The Bertz CT molecular complexity index is 967. The van der Waals surface area contributed by atoms with Gasteiger partial charge in [-0.3, -0.25) is 0 Å². The Morgan fingerprint density at radius 1 is 0.929 bits per heavy atom. The summed E-state index contributed by atoms with van der Waals surface area (Å²) in [5, 5.41) is 0.380. The highest BCUT2D eigenvalue weighted by molar-refractivity contribution is 6.32. The summed E-state index contributed by atoms with van der Waals surface area (Å²) in [6.07, 6.45) is 2.98. The number of esters is 1. The minimum absolute atomic E-state index is 0.320. The van der Waals surface area contributed by atoms with Crippen LogP contribution in [-0.4, -0.2) is 13.1 Å². The van der Waals surface area contributed by atoms with Gasteiger partial charge in [0.1, 0.15) is 12.4 Å². The highest BCUT2D eigenvalue weighted by atomic mass is 35.5. The Labute approximate surface area is 168 Å². The average molecular weight is 395 g/mol. The van der Waals surface area contributed by atoms with Crippen LogP contribution in [-0.2, 0) is 11.4 Å². The number of halogens is 1. The number of carbonyl (C=O) groups excluding carboxylic acids is 1. The lowest BCUT2D eigenvalue weighted by atomic mass is 10.2. The molecule has 3 rings (SSSR count). The third kappa shape index (κ3) is 5.38. The van der Waals surface area contributed by atoms with Crippen LogP contribution < -0.4 is 14.2 Å². The number of para-hydroxylation sites is 1. The summed E-state index contributed by atoms with van der Waals surface area (Å²) in [5.41, 5.74) is 1.84. The second-order valence-electron chi connectivity index (χ2n) is 5.87. The first-order chi connectivity index (χ1) is 13.7. The predicted octanol–water partition coefficient (Wildman–Crippen LogP) is 5.55. The summed E-state index contributed by atoms with van der Waals surface area (Å²) in [6.45, 7) is 0.441. The van der Waals surface area contributed by atoms with Gasteiger partial charge in [-0.15, -0.1) is 0 Å². The van der Waals surface area contributed by atoms with Crippen molar-refractivity contribution in [3.8, 4) is 17.2 Å². The van der Waals surface area contributed by atoms with Gasteiger partial charge in [-0.1, -0.05) is 60.1 Å². The van der Waals surface area contributed by atoms with E-state index in [-0.39, 0.29) is 0 Å². The molecular weight excluding hydrogens is 376 g/mol. The summed E-state index contributed by atoms with van der Waals surface area (Å²) in [4.78, 5) is 12.0. The molecule has 0 amide bonds. The van der Waals surface area contributed by atoms with Gasteiger partial charge in [0.2, 0.25) is 0 Å². The molecule has 3 aromatic carbocycles. The lowest BCUT2D eigenvalue weighted by Gasteiger charge is -2.11. The van der Waals surface area contributed by atoms with Crippen LogP contribution in [0.15, 0.2) is 78.9 Å². The maximum atomic E-state index is 12.0. The van der Waals surface area contributed by atoms with E-state index in [0.717, 1.165) is 11.1 Å². The number of ether oxygens (including phenoxy) is 3. The van der Waals surface area contributed by atoms with Gasteiger partial charge >= 0.3 is 5.97 Å². The second-order valence-corrected chi connectivity index (χ2v) is 6.28. The molecule has 28 heavy (non-hydrogen) atoms. The highest BCUT2D eigenvalue weighted by Gasteiger charge is 2.07. The number of hydrogen-bond donors (Lipinski definition) is 0. The van der Waals surface area contributed by atoms with Crippen LogP contribution in [0.4, 0.5) is 0 Å². The number of rotatable bonds is 7. The lowest BCUT2D eigenvalue weighted by molar-refractivity contribution is -0.128. The maximum absolute atomic E-state index is 12.0. The third-order valence-corrected chi connectivity index (χ3v) is 4.20. The quantitative estimate of drug-likeness (QED) is 0.299. The molecule has 0 heterocycles. The predicted molar refractivity (Wildman–Crippen MR) is 110 cm³/mol. The fraction of sp³-hybridized carbons (Fsp3) is 0.0870. The second kappa shape index (κ2) is 9.62. The molecule has 0 atom stereocenters. The maximum Gasteiger partial charge on any atom is 0.336 e. The van der Waals surface area contributed by atoms with Crippen molar-refractivity contribution in [1.82, 2.24) is 0 Å². The van der Waals surface area contributed by atoms with Crippen LogP contribution in [0.1, 0.15) is 11.1 Å². The smallest absolute Gasteiger partial charge is 0.336 e. The zero-order valence-electron chi connectivity index (χ0n) is 15.3. The van der Waals surface area contributed by atoms with E-state index >= 15 is 0 Å². The molecule has 0 saturated heterocycles. The van der Waals surface area contributed by atoms with Crippen molar-refractivity contribution in [1.29, 1.82) is 0 Å². The minimum atomic E-state index is -0.517. The van der Waals surface area contributed by atoms with Gasteiger partial charge in [0.05, 0.1) is 12.1 Å². The van der Waals surface area contributed by atoms with Crippen molar-refractivity contribution >= 4 is 23.6 Å². The van der Waals surface area contributed by atoms with E-state index in [9.17, 15) is 4.79 Å². The van der Waals surface area contributed by atoms with Crippen molar-refractivity contribution in [2.75, 3.05) is 7.11 Å². The number of methoxy groups -OCH3 is 1. The molecule has 0 aliphatic rings. The molecule has 0 aromatic heterocycles. The van der Waals surface area contributed by atoms with Gasteiger partial charge in [-0.25, -0.2) is 4.79 Å². The van der Waals surface area contributed by atoms with Gasteiger partial charge in [0.25, 0.3) is 0 Å². The molecule has 5 heteroatoms. The summed E-state index contributed by atoms with van der Waals surface area (Å²) in [7, 11) is 1.57. The first-order valence-corrected chi connectivity index (χ1v) is 9.02. The normalized spacial score (nSPS) is 10.6. The van der Waals surface area contributed by atoms with E-state index in [4.69, 9.17) is 25.8 Å². The monoisotopic (exact) mass is 394 g/mol. The van der Waals surface area contributed by atoms with Crippen molar-refractivity contribution < 1.29 is 19.0 Å². The Kier molecular flexibility index (Phi) is 6.71. The van der Waals surface area contributed by atoms with Gasteiger partial charge in [-0.05, 0) is 41.5 Å². The molecule has 4 nitrogen and oxygen atoms in total. The van der Waals surface area contributed by atoms with E-state index in [1.54, 1.807) is 49.6 Å². The van der Waals surface area contributed by atoms with Crippen molar-refractivity contribution in [3.63, 3.8) is 0 Å². The lowest BCUT2D eigenvalue weighted by Crippen LogP contribution is -2.03. The van der Waals surface area contributed by atoms with Gasteiger partial charge < -0.3 is 14.2 Å². The van der Waals surface area contributed by atoms with Crippen molar-refractivity contribution in [3.05, 3.63) is 95.0 Å². The molecule has 0 N–H and O–H groups in total. The molecule has 0 spiro atoms. The van der Waals surface area contributed by atoms with E-state index in [1.807, 2.05) is 36.4 Å². The fourth-order valence-electron chi connectivity index (χ4n) is 2.48. The van der Waals surface area contributed by atoms with E-state index in [0.29, 0.717) is 28.9 Å². The molecule has 0 saturated carbocycles. The minimum Gasteiger partial charge on any atom is -0.493 e. The van der Waals surface area contributed by atoms with Crippen LogP contribution in [0.25, 0.3) is 6.08 Å². The molecule has 3 aromatic rings.